The lowest BCUT2D eigenvalue weighted by Crippen LogP contribution is -2.43. The van der Waals surface area contributed by atoms with Gasteiger partial charge in [-0.3, -0.25) is 4.99 Å². The minimum absolute atomic E-state index is 0.654. The Hall–Kier alpha value is -0.770. The van der Waals surface area contributed by atoms with Gasteiger partial charge in [-0.15, -0.1) is 0 Å². The van der Waals surface area contributed by atoms with Crippen molar-refractivity contribution in [3.05, 3.63) is 0 Å². The predicted molar refractivity (Wildman–Crippen MR) is 88.7 cm³/mol. The summed E-state index contributed by atoms with van der Waals surface area (Å²) >= 11 is 0. The summed E-state index contributed by atoms with van der Waals surface area (Å²) in [6.07, 6.45) is 8.38. The largest absolute Gasteiger partial charge is 0.357 e. The van der Waals surface area contributed by atoms with E-state index >= 15 is 0 Å². The molecular formula is C17H32N4. The first-order valence-electron chi connectivity index (χ1n) is 8.93. The van der Waals surface area contributed by atoms with E-state index in [1.165, 1.54) is 70.7 Å². The summed E-state index contributed by atoms with van der Waals surface area (Å²) in [6.45, 7) is 9.07. The highest BCUT2D eigenvalue weighted by atomic mass is 15.3. The third kappa shape index (κ3) is 3.53. The monoisotopic (exact) mass is 292 g/mol. The van der Waals surface area contributed by atoms with E-state index in [0.29, 0.717) is 5.41 Å². The van der Waals surface area contributed by atoms with Gasteiger partial charge in [0.05, 0.1) is 0 Å². The standard InChI is InChI=1S/C17H32N4/c1-3-18-16(19-12-15-6-4-10-20(2)13-15)21-11-9-17(14-21)7-5-8-17/h15H,3-14H2,1-2H3,(H,18,19). The van der Waals surface area contributed by atoms with E-state index in [-0.39, 0.29) is 0 Å². The van der Waals surface area contributed by atoms with E-state index in [2.05, 4.69) is 29.1 Å². The normalized spacial score (nSPS) is 29.7. The van der Waals surface area contributed by atoms with Crippen LogP contribution in [-0.2, 0) is 0 Å². The molecule has 0 amide bonds. The summed E-state index contributed by atoms with van der Waals surface area (Å²) in [5.74, 6) is 1.92. The molecule has 2 saturated heterocycles. The van der Waals surface area contributed by atoms with Gasteiger partial charge in [-0.05, 0) is 64.0 Å². The van der Waals surface area contributed by atoms with Crippen LogP contribution < -0.4 is 5.32 Å². The average molecular weight is 292 g/mol. The van der Waals surface area contributed by atoms with Crippen LogP contribution in [0.1, 0.15) is 45.4 Å². The number of likely N-dealkylation sites (tertiary alicyclic amines) is 2. The Morgan fingerprint density at radius 1 is 1.24 bits per heavy atom. The molecule has 2 aliphatic heterocycles. The molecule has 3 fully saturated rings. The fourth-order valence-corrected chi connectivity index (χ4v) is 4.26. The van der Waals surface area contributed by atoms with Crippen LogP contribution in [0.25, 0.3) is 0 Å². The predicted octanol–water partition coefficient (Wildman–Crippen LogP) is 2.17. The third-order valence-corrected chi connectivity index (χ3v) is 5.71. The summed E-state index contributed by atoms with van der Waals surface area (Å²) in [5.41, 5.74) is 0.654. The lowest BCUT2D eigenvalue weighted by atomic mass is 9.68. The molecule has 1 atom stereocenters. The van der Waals surface area contributed by atoms with Gasteiger partial charge >= 0.3 is 0 Å². The SMILES string of the molecule is CCNC(=NCC1CCCN(C)C1)N1CCC2(CCC2)C1. The topological polar surface area (TPSA) is 30.9 Å². The van der Waals surface area contributed by atoms with E-state index in [1.54, 1.807) is 0 Å². The van der Waals surface area contributed by atoms with Crippen molar-refractivity contribution in [2.24, 2.45) is 16.3 Å². The zero-order valence-electron chi connectivity index (χ0n) is 13.9. The molecule has 0 aromatic heterocycles. The number of guanidine groups is 1. The Bertz CT molecular complexity index is 375. The number of nitrogens with zero attached hydrogens (tertiary/aromatic N) is 3. The first kappa shape index (κ1) is 15.1. The first-order valence-corrected chi connectivity index (χ1v) is 8.93. The van der Waals surface area contributed by atoms with Gasteiger partial charge in [0.15, 0.2) is 5.96 Å². The maximum Gasteiger partial charge on any atom is 0.193 e. The molecule has 1 N–H and O–H groups in total. The number of hydrogen-bond acceptors (Lipinski definition) is 2. The second kappa shape index (κ2) is 6.55. The molecule has 0 bridgehead atoms. The maximum absolute atomic E-state index is 4.98. The fraction of sp³-hybridized carbons (Fsp3) is 0.941. The Morgan fingerprint density at radius 2 is 2.10 bits per heavy atom. The summed E-state index contributed by atoms with van der Waals surface area (Å²) in [5, 5.41) is 3.52. The lowest BCUT2D eigenvalue weighted by Gasteiger charge is -2.38. The molecule has 0 radical (unpaired) electrons. The highest BCUT2D eigenvalue weighted by Crippen LogP contribution is 2.47. The quantitative estimate of drug-likeness (QED) is 0.639. The van der Waals surface area contributed by atoms with Gasteiger partial charge in [-0.25, -0.2) is 0 Å². The van der Waals surface area contributed by atoms with Crippen LogP contribution in [0, 0.1) is 11.3 Å². The van der Waals surface area contributed by atoms with Crippen molar-refractivity contribution in [1.82, 2.24) is 15.1 Å². The Labute approximate surface area is 130 Å². The van der Waals surface area contributed by atoms with E-state index in [0.717, 1.165) is 19.0 Å². The zero-order valence-corrected chi connectivity index (χ0v) is 13.9. The van der Waals surface area contributed by atoms with Gasteiger partial charge in [-0.2, -0.15) is 0 Å². The van der Waals surface area contributed by atoms with Crippen LogP contribution in [0.4, 0.5) is 0 Å². The number of nitrogens with one attached hydrogen (secondary N) is 1. The van der Waals surface area contributed by atoms with Crippen LogP contribution >= 0.6 is 0 Å². The molecule has 1 unspecified atom stereocenters. The Kier molecular flexibility index (Phi) is 4.72. The smallest absolute Gasteiger partial charge is 0.193 e. The average Bonchev–Trinajstić information content (AvgIpc) is 2.89. The van der Waals surface area contributed by atoms with Crippen LogP contribution in [-0.4, -0.2) is 62.1 Å². The molecule has 1 saturated carbocycles. The fourth-order valence-electron chi connectivity index (χ4n) is 4.26. The molecule has 0 aromatic rings. The Morgan fingerprint density at radius 3 is 2.71 bits per heavy atom. The number of piperidine rings is 1. The third-order valence-electron chi connectivity index (χ3n) is 5.71. The molecule has 2 heterocycles. The minimum atomic E-state index is 0.654. The second-order valence-corrected chi connectivity index (χ2v) is 7.49. The maximum atomic E-state index is 4.98. The lowest BCUT2D eigenvalue weighted by molar-refractivity contribution is 0.151. The molecule has 1 aliphatic carbocycles. The molecule has 4 nitrogen and oxygen atoms in total. The van der Waals surface area contributed by atoms with Crippen molar-refractivity contribution in [3.8, 4) is 0 Å². The first-order chi connectivity index (χ1) is 10.2. The highest BCUT2D eigenvalue weighted by molar-refractivity contribution is 5.80. The highest BCUT2D eigenvalue weighted by Gasteiger charge is 2.43. The molecule has 4 heteroatoms. The van der Waals surface area contributed by atoms with E-state index in [1.807, 2.05) is 0 Å². The molecule has 3 rings (SSSR count). The molecule has 120 valence electrons. The second-order valence-electron chi connectivity index (χ2n) is 7.49. The van der Waals surface area contributed by atoms with Gasteiger partial charge < -0.3 is 15.1 Å². The van der Waals surface area contributed by atoms with Crippen LogP contribution in [0.3, 0.4) is 0 Å². The van der Waals surface area contributed by atoms with Crippen molar-refractivity contribution in [2.45, 2.75) is 45.4 Å². The van der Waals surface area contributed by atoms with Crippen molar-refractivity contribution in [1.29, 1.82) is 0 Å². The molecule has 3 aliphatic rings. The van der Waals surface area contributed by atoms with Gasteiger partial charge in [0.2, 0.25) is 0 Å². The van der Waals surface area contributed by atoms with Crippen molar-refractivity contribution >= 4 is 5.96 Å². The molecule has 1 spiro atoms. The summed E-state index contributed by atoms with van der Waals surface area (Å²) in [6, 6.07) is 0. The van der Waals surface area contributed by atoms with Crippen LogP contribution in [0.5, 0.6) is 0 Å². The summed E-state index contributed by atoms with van der Waals surface area (Å²) in [7, 11) is 2.24. The van der Waals surface area contributed by atoms with Gasteiger partial charge in [0.1, 0.15) is 0 Å². The summed E-state index contributed by atoms with van der Waals surface area (Å²) in [4.78, 5) is 9.96. The number of hydrogen-bond donors (Lipinski definition) is 1. The molecular weight excluding hydrogens is 260 g/mol. The van der Waals surface area contributed by atoms with Crippen LogP contribution in [0.2, 0.25) is 0 Å². The number of aliphatic imine (C=N–C) groups is 1. The van der Waals surface area contributed by atoms with Crippen molar-refractivity contribution < 1.29 is 0 Å². The van der Waals surface area contributed by atoms with Gasteiger partial charge in [0.25, 0.3) is 0 Å². The van der Waals surface area contributed by atoms with Gasteiger partial charge in [0, 0.05) is 32.7 Å². The number of rotatable bonds is 3. The molecule has 21 heavy (non-hydrogen) atoms. The van der Waals surface area contributed by atoms with Crippen molar-refractivity contribution in [3.63, 3.8) is 0 Å². The van der Waals surface area contributed by atoms with E-state index in [4.69, 9.17) is 4.99 Å². The minimum Gasteiger partial charge on any atom is -0.357 e. The van der Waals surface area contributed by atoms with Crippen LogP contribution in [0.15, 0.2) is 4.99 Å². The zero-order chi connectivity index (χ0) is 14.7. The van der Waals surface area contributed by atoms with E-state index in [9.17, 15) is 0 Å². The van der Waals surface area contributed by atoms with Crippen molar-refractivity contribution in [2.75, 3.05) is 46.3 Å². The Balaban J connectivity index is 1.57. The molecule has 0 aromatic carbocycles. The van der Waals surface area contributed by atoms with E-state index < -0.39 is 0 Å². The van der Waals surface area contributed by atoms with Gasteiger partial charge in [-0.1, -0.05) is 6.42 Å². The summed E-state index contributed by atoms with van der Waals surface area (Å²) < 4.78 is 0.